The zero-order valence-corrected chi connectivity index (χ0v) is 31.8. The maximum absolute atomic E-state index is 8.82. The molecular formula is C41H39Cl2SiZr. The van der Waals surface area contributed by atoms with Crippen molar-refractivity contribution in [1.82, 2.24) is 0 Å². The molecule has 2 aliphatic rings. The van der Waals surface area contributed by atoms with Gasteiger partial charge in [0.15, 0.2) is 0 Å². The van der Waals surface area contributed by atoms with Crippen molar-refractivity contribution < 1.29 is 13.5 Å². The van der Waals surface area contributed by atoms with Crippen molar-refractivity contribution in [2.24, 2.45) is 0 Å². The van der Waals surface area contributed by atoms with E-state index in [1.807, 2.05) is 6.88 Å². The molecule has 0 saturated heterocycles. The van der Waals surface area contributed by atoms with E-state index in [4.69, 9.17) is 17.0 Å². The standard InChI is InChI=1S/2C17H15.C7H7.2ClH.H2Si.Zr/c2*1-12-10-15-9-8-13(2)17(16(15)11-12)14-6-4-3-5-7-14;1-7-5-3-2-4-6-7;;;;/h2*3-11H,1-2H3;2-6H,1H2;2*1H;1H2;/q;;;;;;+2/p-2. The summed E-state index contributed by atoms with van der Waals surface area (Å²) in [4.78, 5) is 0. The fourth-order valence-corrected chi connectivity index (χ4v) is 42.8. The summed E-state index contributed by atoms with van der Waals surface area (Å²) in [6.07, 6.45) is 4.79. The van der Waals surface area contributed by atoms with E-state index in [0.717, 1.165) is 0 Å². The molecule has 5 aromatic carbocycles. The Kier molecular flexibility index (Phi) is 7.31. The molecular weight excluding hydrogens is 683 g/mol. The predicted octanol–water partition coefficient (Wildman–Crippen LogP) is 11.5. The van der Waals surface area contributed by atoms with Gasteiger partial charge < -0.3 is 0 Å². The van der Waals surface area contributed by atoms with Gasteiger partial charge >= 0.3 is 276 Å². The topological polar surface area (TPSA) is 0 Å². The number of rotatable bonds is 6. The summed E-state index contributed by atoms with van der Waals surface area (Å²) >= 11 is -5.65. The van der Waals surface area contributed by atoms with Crippen LogP contribution in [0.1, 0.15) is 60.0 Å². The zero-order valence-electron chi connectivity index (χ0n) is 26.4. The molecule has 0 N–H and O–H groups in total. The Labute approximate surface area is 274 Å². The molecule has 4 heteroatoms. The molecule has 0 aromatic heterocycles. The van der Waals surface area contributed by atoms with E-state index in [0.29, 0.717) is 4.13 Å². The molecule has 0 saturated carbocycles. The van der Waals surface area contributed by atoms with E-state index in [2.05, 4.69) is 155 Å². The molecule has 0 nitrogen and oxygen atoms in total. The van der Waals surface area contributed by atoms with Crippen molar-refractivity contribution in [2.75, 3.05) is 0 Å². The Balaban J connectivity index is 1.53. The van der Waals surface area contributed by atoms with Crippen molar-refractivity contribution >= 4 is 36.1 Å². The van der Waals surface area contributed by atoms with Crippen LogP contribution in [-0.2, 0) is 17.7 Å². The van der Waals surface area contributed by atoms with E-state index in [1.54, 1.807) is 0 Å². The van der Waals surface area contributed by atoms with Crippen LogP contribution in [0.15, 0.2) is 126 Å². The molecule has 225 valence electrons. The van der Waals surface area contributed by atoms with Crippen molar-refractivity contribution in [3.8, 4) is 22.3 Å². The minimum atomic E-state index is -5.65. The van der Waals surface area contributed by atoms with Crippen LogP contribution < -0.4 is 0 Å². The third kappa shape index (κ3) is 4.87. The van der Waals surface area contributed by atoms with Crippen LogP contribution in [0.4, 0.5) is 0 Å². The van der Waals surface area contributed by atoms with Gasteiger partial charge in [0.05, 0.1) is 0 Å². The molecule has 0 amide bonds. The molecule has 0 bridgehead atoms. The van der Waals surface area contributed by atoms with Gasteiger partial charge in [-0.1, -0.05) is 0 Å². The van der Waals surface area contributed by atoms with Crippen molar-refractivity contribution in [3.63, 3.8) is 0 Å². The second kappa shape index (κ2) is 10.6. The first-order valence-corrected chi connectivity index (χ1v) is 32.7. The van der Waals surface area contributed by atoms with Gasteiger partial charge in [-0.05, 0) is 0 Å². The Morgan fingerprint density at radius 3 is 1.31 bits per heavy atom. The average Bonchev–Trinajstić information content (AvgIpc) is 3.55. The summed E-state index contributed by atoms with van der Waals surface area (Å²) in [5.41, 5.74) is 16.4. The second-order valence-electron chi connectivity index (χ2n) is 13.8. The number of benzene rings is 5. The Hall–Kier alpha value is -2.74. The fourth-order valence-electron chi connectivity index (χ4n) is 9.00. The van der Waals surface area contributed by atoms with Crippen LogP contribution in [0.3, 0.4) is 0 Å². The Morgan fingerprint density at radius 1 is 0.533 bits per heavy atom. The van der Waals surface area contributed by atoms with E-state index < -0.39 is 13.5 Å². The summed E-state index contributed by atoms with van der Waals surface area (Å²) < 4.78 is 0.552. The van der Waals surface area contributed by atoms with Crippen LogP contribution in [0.5, 0.6) is 0 Å². The van der Waals surface area contributed by atoms with Gasteiger partial charge in [0.2, 0.25) is 0 Å². The molecule has 7 rings (SSSR count). The zero-order chi connectivity index (χ0) is 31.6. The van der Waals surface area contributed by atoms with Crippen molar-refractivity contribution in [1.29, 1.82) is 0 Å². The van der Waals surface area contributed by atoms with Gasteiger partial charge in [-0.2, -0.15) is 0 Å². The van der Waals surface area contributed by atoms with Gasteiger partial charge in [0.1, 0.15) is 0 Å². The van der Waals surface area contributed by atoms with E-state index in [9.17, 15) is 0 Å². The molecule has 0 spiro atoms. The van der Waals surface area contributed by atoms with Gasteiger partial charge in [0.25, 0.3) is 0 Å². The number of hydrogen-bond donors (Lipinski definition) is 0. The summed E-state index contributed by atoms with van der Waals surface area (Å²) in [7, 11) is 17.6. The molecule has 45 heavy (non-hydrogen) atoms. The van der Waals surface area contributed by atoms with E-state index in [-0.39, 0.29) is 7.25 Å². The second-order valence-corrected chi connectivity index (χ2v) is 60.9. The summed E-state index contributed by atoms with van der Waals surface area (Å²) in [5, 5.41) is 0. The number of fused-ring (bicyclic) bond motifs is 2. The first-order valence-electron chi connectivity index (χ1n) is 15.9. The quantitative estimate of drug-likeness (QED) is 0.153. The third-order valence-corrected chi connectivity index (χ3v) is 38.4. The summed E-state index contributed by atoms with van der Waals surface area (Å²) in [6, 6.07) is 41.5. The average molecular weight is 722 g/mol. The van der Waals surface area contributed by atoms with Gasteiger partial charge in [-0.15, -0.1) is 0 Å². The minimum absolute atomic E-state index is 0.0630. The van der Waals surface area contributed by atoms with E-state index >= 15 is 0 Å². The number of allylic oxidation sites excluding steroid dienone is 2. The van der Waals surface area contributed by atoms with Crippen LogP contribution >= 0.6 is 17.0 Å². The molecule has 0 aliphatic heterocycles. The Morgan fingerprint density at radius 2 is 0.911 bits per heavy atom. The first-order chi connectivity index (χ1) is 21.4. The predicted molar refractivity (Wildman–Crippen MR) is 196 cm³/mol. The van der Waals surface area contributed by atoms with Crippen LogP contribution in [0, 0.1) is 13.8 Å². The number of hydrogen-bond acceptors (Lipinski definition) is 0. The van der Waals surface area contributed by atoms with E-state index in [1.165, 1.54) is 72.3 Å². The van der Waals surface area contributed by atoms with Gasteiger partial charge in [-0.3, -0.25) is 0 Å². The van der Waals surface area contributed by atoms with Crippen LogP contribution in [-0.4, -0.2) is 6.88 Å². The number of halogens is 2. The van der Waals surface area contributed by atoms with Gasteiger partial charge in [-0.25, -0.2) is 0 Å². The van der Waals surface area contributed by atoms with Gasteiger partial charge in [0, 0.05) is 0 Å². The first kappa shape index (κ1) is 30.9. The molecule has 0 fully saturated rings. The third-order valence-electron chi connectivity index (χ3n) is 10.5. The fraction of sp³-hybridized carbons (Fsp3) is 0.171. The summed E-state index contributed by atoms with van der Waals surface area (Å²) in [6.45, 7) is 11.0. The van der Waals surface area contributed by atoms with Crippen molar-refractivity contribution in [2.45, 2.75) is 39.1 Å². The number of aryl methyl sites for hydroxylation is 2. The van der Waals surface area contributed by atoms with Crippen LogP contribution in [0.25, 0.3) is 34.4 Å². The normalized spacial score (nSPS) is 18.8. The molecule has 5 aromatic rings. The summed E-state index contributed by atoms with van der Waals surface area (Å²) in [5.74, 6) is 0. The Bertz CT molecular complexity index is 2010. The molecule has 0 radical (unpaired) electrons. The molecule has 2 atom stereocenters. The van der Waals surface area contributed by atoms with Crippen LogP contribution in [0.2, 0.25) is 0 Å². The monoisotopic (exact) mass is 719 g/mol. The molecule has 2 aliphatic carbocycles. The molecule has 0 heterocycles. The SMILES string of the molecule is CC1=Cc2c(ccc(C)c2-c2ccccc2)[CH]1[Zr](=[SiH2])([Cl])([Cl])([CH2]c1ccccc1)[CH]1C(C)=Cc2c1ccc(C)c2-c1ccccc1. The molecule has 2 unspecified atom stereocenters. The van der Waals surface area contributed by atoms with Crippen molar-refractivity contribution in [3.05, 3.63) is 165 Å². The maximum atomic E-state index is 8.82.